The summed E-state index contributed by atoms with van der Waals surface area (Å²) < 4.78 is 0. The van der Waals surface area contributed by atoms with Crippen LogP contribution in [0.3, 0.4) is 0 Å². The lowest BCUT2D eigenvalue weighted by Crippen LogP contribution is -2.56. The normalized spacial score (nSPS) is 53.6. The van der Waals surface area contributed by atoms with Gasteiger partial charge in [0.25, 0.3) is 0 Å². The summed E-state index contributed by atoms with van der Waals surface area (Å²) in [6.45, 7) is 6.33. The van der Waals surface area contributed by atoms with Gasteiger partial charge in [0.15, 0.2) is 0 Å². The fourth-order valence-electron chi connectivity index (χ4n) is 7.44. The van der Waals surface area contributed by atoms with Gasteiger partial charge in [-0.05, 0) is 80.5 Å². The average molecular weight is 332 g/mol. The summed E-state index contributed by atoms with van der Waals surface area (Å²) in [5.74, 6) is 1.79. The van der Waals surface area contributed by atoms with Crippen molar-refractivity contribution in [3.8, 4) is 0 Å². The van der Waals surface area contributed by atoms with E-state index >= 15 is 0 Å². The van der Waals surface area contributed by atoms with Gasteiger partial charge in [0.2, 0.25) is 0 Å². The Kier molecular flexibility index (Phi) is 3.78. The first kappa shape index (κ1) is 16.8. The molecule has 24 heavy (non-hydrogen) atoms. The van der Waals surface area contributed by atoms with Crippen LogP contribution in [-0.2, 0) is 4.79 Å². The number of hydrogen-bond donors (Lipinski definition) is 2. The number of hydrogen-bond acceptors (Lipinski definition) is 3. The monoisotopic (exact) mass is 332 g/mol. The molecule has 0 saturated heterocycles. The second-order valence-corrected chi connectivity index (χ2v) is 9.59. The number of Topliss-reactive ketones (excluding diaryl/α,β-unsaturated/α-hetero) is 1. The standard InChI is InChI=1S/C21H32O3/c1-12(22)16-6-7-17-15-5-4-13-10-14(23)8-9-20(13,2)19(15)18(24)11-21(16,17)3/h4,14-19,23-24H,5-11H2,1-3H3/t14-,15-,16+,17-,18-,19?,20-,21+/m0/s1. The number of fused-ring (bicyclic) bond motifs is 5. The lowest BCUT2D eigenvalue weighted by Gasteiger charge is -2.59. The SMILES string of the molecule is CC(=O)[C@H]1CC[C@H]2[C@@H]3CC=C4C[C@@H](O)CC[C@]4(C)C3[C@@H](O)C[C@]12C. The van der Waals surface area contributed by atoms with Gasteiger partial charge in [-0.3, -0.25) is 4.79 Å². The molecule has 0 amide bonds. The molecule has 3 fully saturated rings. The largest absolute Gasteiger partial charge is 0.393 e. The molecule has 0 heterocycles. The number of aliphatic hydroxyl groups is 2. The van der Waals surface area contributed by atoms with Crippen LogP contribution in [0.4, 0.5) is 0 Å². The minimum Gasteiger partial charge on any atom is -0.393 e. The van der Waals surface area contributed by atoms with Gasteiger partial charge in [0, 0.05) is 5.92 Å². The van der Waals surface area contributed by atoms with Crippen LogP contribution < -0.4 is 0 Å². The molecule has 0 bridgehead atoms. The van der Waals surface area contributed by atoms with Gasteiger partial charge in [-0.25, -0.2) is 0 Å². The molecule has 4 rings (SSSR count). The van der Waals surface area contributed by atoms with Crippen LogP contribution in [-0.4, -0.2) is 28.2 Å². The molecular weight excluding hydrogens is 300 g/mol. The third kappa shape index (κ3) is 2.13. The second kappa shape index (κ2) is 5.41. The molecule has 3 nitrogen and oxygen atoms in total. The fraction of sp³-hybridized carbons (Fsp3) is 0.857. The van der Waals surface area contributed by atoms with Crippen LogP contribution in [0, 0.1) is 34.5 Å². The van der Waals surface area contributed by atoms with E-state index in [1.807, 2.05) is 0 Å². The van der Waals surface area contributed by atoms with Crippen molar-refractivity contribution in [3.63, 3.8) is 0 Å². The first-order valence-corrected chi connectivity index (χ1v) is 9.83. The molecule has 0 spiro atoms. The molecule has 0 radical (unpaired) electrons. The molecule has 134 valence electrons. The summed E-state index contributed by atoms with van der Waals surface area (Å²) in [5, 5.41) is 21.3. The summed E-state index contributed by atoms with van der Waals surface area (Å²) in [5.41, 5.74) is 1.39. The Labute approximate surface area is 145 Å². The minimum absolute atomic E-state index is 0.0255. The van der Waals surface area contributed by atoms with Gasteiger partial charge >= 0.3 is 0 Å². The Morgan fingerprint density at radius 2 is 1.96 bits per heavy atom. The van der Waals surface area contributed by atoms with Crippen LogP contribution in [0.25, 0.3) is 0 Å². The van der Waals surface area contributed by atoms with Gasteiger partial charge in [-0.1, -0.05) is 25.5 Å². The van der Waals surface area contributed by atoms with E-state index in [9.17, 15) is 15.0 Å². The first-order valence-electron chi connectivity index (χ1n) is 9.83. The van der Waals surface area contributed by atoms with Crippen LogP contribution in [0.1, 0.15) is 65.7 Å². The van der Waals surface area contributed by atoms with Crippen LogP contribution in [0.5, 0.6) is 0 Å². The zero-order chi connectivity index (χ0) is 17.3. The van der Waals surface area contributed by atoms with E-state index < -0.39 is 0 Å². The highest BCUT2D eigenvalue weighted by Gasteiger charge is 2.62. The molecule has 8 atom stereocenters. The molecular formula is C21H32O3. The Balaban J connectivity index is 1.71. The highest BCUT2D eigenvalue weighted by atomic mass is 16.3. The predicted molar refractivity (Wildman–Crippen MR) is 93.3 cm³/mol. The molecule has 2 N–H and O–H groups in total. The van der Waals surface area contributed by atoms with Crippen molar-refractivity contribution < 1.29 is 15.0 Å². The van der Waals surface area contributed by atoms with E-state index in [1.165, 1.54) is 5.57 Å². The molecule has 0 aromatic rings. The summed E-state index contributed by atoms with van der Waals surface area (Å²) in [4.78, 5) is 12.2. The lowest BCUT2D eigenvalue weighted by molar-refractivity contribution is -0.140. The van der Waals surface area contributed by atoms with Crippen molar-refractivity contribution in [1.82, 2.24) is 0 Å². The Hall–Kier alpha value is -0.670. The molecule has 4 aliphatic carbocycles. The lowest BCUT2D eigenvalue weighted by atomic mass is 9.46. The van der Waals surface area contributed by atoms with E-state index in [-0.39, 0.29) is 29.0 Å². The zero-order valence-corrected chi connectivity index (χ0v) is 15.3. The Bertz CT molecular complexity index is 582. The minimum atomic E-state index is -0.319. The highest BCUT2D eigenvalue weighted by Crippen LogP contribution is 2.66. The summed E-state index contributed by atoms with van der Waals surface area (Å²) in [7, 11) is 0. The number of aliphatic hydroxyl groups excluding tert-OH is 2. The topological polar surface area (TPSA) is 57.5 Å². The van der Waals surface area contributed by atoms with Crippen molar-refractivity contribution in [3.05, 3.63) is 11.6 Å². The average Bonchev–Trinajstić information content (AvgIpc) is 2.84. The van der Waals surface area contributed by atoms with Crippen LogP contribution >= 0.6 is 0 Å². The number of allylic oxidation sites excluding steroid dienone is 1. The van der Waals surface area contributed by atoms with E-state index in [0.717, 1.165) is 44.9 Å². The third-order valence-corrected chi connectivity index (χ3v) is 8.50. The number of carbonyl (C=O) groups excluding carboxylic acids is 1. The van der Waals surface area contributed by atoms with E-state index in [1.54, 1.807) is 6.92 Å². The highest BCUT2D eigenvalue weighted by molar-refractivity contribution is 5.79. The van der Waals surface area contributed by atoms with Gasteiger partial charge in [-0.2, -0.15) is 0 Å². The maximum atomic E-state index is 12.2. The fourth-order valence-corrected chi connectivity index (χ4v) is 7.44. The first-order chi connectivity index (χ1) is 11.3. The number of ketones is 1. The zero-order valence-electron chi connectivity index (χ0n) is 15.3. The van der Waals surface area contributed by atoms with E-state index in [0.29, 0.717) is 23.5 Å². The van der Waals surface area contributed by atoms with Gasteiger partial charge < -0.3 is 10.2 Å². The number of rotatable bonds is 1. The maximum absolute atomic E-state index is 12.2. The third-order valence-electron chi connectivity index (χ3n) is 8.50. The van der Waals surface area contributed by atoms with Crippen molar-refractivity contribution in [2.45, 2.75) is 77.9 Å². The van der Waals surface area contributed by atoms with Crippen LogP contribution in [0.2, 0.25) is 0 Å². The van der Waals surface area contributed by atoms with Gasteiger partial charge in [-0.15, -0.1) is 0 Å². The van der Waals surface area contributed by atoms with Crippen molar-refractivity contribution in [2.24, 2.45) is 34.5 Å². The second-order valence-electron chi connectivity index (χ2n) is 9.59. The molecule has 3 saturated carbocycles. The maximum Gasteiger partial charge on any atom is 0.133 e. The summed E-state index contributed by atoms with van der Waals surface area (Å²) >= 11 is 0. The van der Waals surface area contributed by atoms with E-state index in [2.05, 4.69) is 19.9 Å². The molecule has 4 aliphatic rings. The summed E-state index contributed by atoms with van der Waals surface area (Å²) in [6.07, 6.45) is 8.39. The molecule has 0 aliphatic heterocycles. The molecule has 0 aromatic heterocycles. The smallest absolute Gasteiger partial charge is 0.133 e. The number of carbonyl (C=O) groups is 1. The Morgan fingerprint density at radius 3 is 2.67 bits per heavy atom. The van der Waals surface area contributed by atoms with Gasteiger partial charge in [0.1, 0.15) is 5.78 Å². The van der Waals surface area contributed by atoms with Gasteiger partial charge in [0.05, 0.1) is 12.2 Å². The van der Waals surface area contributed by atoms with E-state index in [4.69, 9.17) is 0 Å². The quantitative estimate of drug-likeness (QED) is 0.723. The van der Waals surface area contributed by atoms with Crippen molar-refractivity contribution in [1.29, 1.82) is 0 Å². The van der Waals surface area contributed by atoms with Crippen molar-refractivity contribution >= 4 is 5.78 Å². The van der Waals surface area contributed by atoms with Crippen LogP contribution in [0.15, 0.2) is 11.6 Å². The molecule has 1 unspecified atom stereocenters. The van der Waals surface area contributed by atoms with Crippen molar-refractivity contribution in [2.75, 3.05) is 0 Å². The summed E-state index contributed by atoms with van der Waals surface area (Å²) in [6, 6.07) is 0. The predicted octanol–water partition coefficient (Wildman–Crippen LogP) is 3.49. The molecule has 0 aromatic carbocycles. The Morgan fingerprint density at radius 1 is 1.21 bits per heavy atom. The molecule has 3 heteroatoms.